The van der Waals surface area contributed by atoms with Crippen molar-refractivity contribution in [3.05, 3.63) is 49.3 Å². The fourth-order valence-electron chi connectivity index (χ4n) is 6.98. The van der Waals surface area contributed by atoms with Gasteiger partial charge in [-0.2, -0.15) is 0 Å². The molecule has 0 radical (unpaired) electrons. The summed E-state index contributed by atoms with van der Waals surface area (Å²) in [6.45, 7) is 2.34. The molecule has 0 amide bonds. The first-order valence-electron chi connectivity index (χ1n) is 15.2. The number of methoxy groups -OCH3 is 3. The third-order valence-corrected chi connectivity index (χ3v) is 8.81. The number of allylic oxidation sites excluding steroid dienone is 1. The van der Waals surface area contributed by atoms with Gasteiger partial charge in [-0.15, -0.1) is 0 Å². The van der Waals surface area contributed by atoms with Crippen LogP contribution in [0.4, 0.5) is 11.4 Å². The Balaban J connectivity index is 1.86. The lowest BCUT2D eigenvalue weighted by molar-refractivity contribution is -0.138. The molecule has 0 unspecified atom stereocenters. The van der Waals surface area contributed by atoms with Crippen LogP contribution in [0.25, 0.3) is 49.2 Å². The summed E-state index contributed by atoms with van der Waals surface area (Å²) in [6, 6.07) is 3.04. The predicted molar refractivity (Wildman–Crippen MR) is 181 cm³/mol. The fraction of sp³-hybridized carbons (Fsp3) is 0.314. The van der Waals surface area contributed by atoms with Crippen molar-refractivity contribution in [3.8, 4) is 23.0 Å². The Hall–Kier alpha value is -5.52. The molecule has 0 atom stereocenters. The number of nitrogens with one attached hydrogen (secondary N) is 2. The lowest BCUT2D eigenvalue weighted by atomic mass is 9.83. The van der Waals surface area contributed by atoms with Gasteiger partial charge in [0, 0.05) is 81.8 Å². The van der Waals surface area contributed by atoms with Gasteiger partial charge in [0.2, 0.25) is 10.9 Å². The van der Waals surface area contributed by atoms with Gasteiger partial charge < -0.3 is 40.2 Å². The molecule has 0 spiro atoms. The van der Waals surface area contributed by atoms with Crippen LogP contribution in [0.15, 0.2) is 27.3 Å². The maximum absolute atomic E-state index is 14.4. The number of phenols is 1. The highest BCUT2D eigenvalue weighted by Crippen LogP contribution is 2.54. The molecule has 5 aromatic rings. The van der Waals surface area contributed by atoms with E-state index in [0.717, 1.165) is 5.57 Å². The number of carboxylic acids is 2. The molecule has 0 aromatic heterocycles. The maximum Gasteiger partial charge on any atom is 0.303 e. The van der Waals surface area contributed by atoms with Gasteiger partial charge in [-0.1, -0.05) is 11.6 Å². The zero-order valence-electron chi connectivity index (χ0n) is 26.4. The van der Waals surface area contributed by atoms with E-state index < -0.39 is 17.4 Å². The number of carbonyl (C=O) groups is 2. The summed E-state index contributed by atoms with van der Waals surface area (Å²) < 4.78 is 17.5. The molecule has 0 heterocycles. The smallest absolute Gasteiger partial charge is 0.303 e. The molecule has 0 bridgehead atoms. The monoisotopic (exact) mass is 642 g/mol. The molecule has 12 heteroatoms. The molecule has 5 aromatic carbocycles. The van der Waals surface area contributed by atoms with Crippen LogP contribution in [-0.4, -0.2) is 61.7 Å². The van der Waals surface area contributed by atoms with E-state index in [0.29, 0.717) is 73.1 Å². The molecule has 0 saturated heterocycles. The first kappa shape index (κ1) is 31.5. The molecule has 1 aliphatic carbocycles. The standard InChI is InChI=1S/C35H34N2O10/c1-15-11-16-24-25-17(12-15)35(47-4)34(44)26-18(36-9-5-7-22(39)40)13-20(45-2)28(30(25)26)29-21(46-3)14-19(38)27(31(24)29)33(43)32(16)37-10-6-8-23(41)42/h11,13-14,36-38H,5-10,12H2,1-4H3,(H,39,40)(H,41,42). The summed E-state index contributed by atoms with van der Waals surface area (Å²) in [5.74, 6) is -1.42. The average molecular weight is 643 g/mol. The van der Waals surface area contributed by atoms with Gasteiger partial charge in [0.25, 0.3) is 0 Å². The van der Waals surface area contributed by atoms with E-state index in [1.54, 1.807) is 6.07 Å². The van der Waals surface area contributed by atoms with Crippen molar-refractivity contribution in [2.24, 2.45) is 0 Å². The van der Waals surface area contributed by atoms with Crippen LogP contribution in [0, 0.1) is 0 Å². The topological polar surface area (TPSA) is 181 Å². The molecule has 12 nitrogen and oxygen atoms in total. The van der Waals surface area contributed by atoms with Gasteiger partial charge in [0.1, 0.15) is 17.2 Å². The molecule has 6 rings (SSSR count). The van der Waals surface area contributed by atoms with Crippen molar-refractivity contribution in [2.45, 2.75) is 39.0 Å². The van der Waals surface area contributed by atoms with Crippen molar-refractivity contribution in [2.75, 3.05) is 45.1 Å². The lowest BCUT2D eigenvalue weighted by Gasteiger charge is -2.24. The second-order valence-corrected chi connectivity index (χ2v) is 11.7. The first-order chi connectivity index (χ1) is 22.5. The number of hydrogen-bond acceptors (Lipinski definition) is 10. The van der Waals surface area contributed by atoms with E-state index in [-0.39, 0.29) is 66.1 Å². The minimum Gasteiger partial charge on any atom is -0.507 e. The quantitative estimate of drug-likeness (QED) is 0.0649. The maximum atomic E-state index is 14.4. The fourth-order valence-corrected chi connectivity index (χ4v) is 6.98. The van der Waals surface area contributed by atoms with E-state index in [1.165, 1.54) is 27.4 Å². The van der Waals surface area contributed by atoms with E-state index >= 15 is 0 Å². The van der Waals surface area contributed by atoms with Gasteiger partial charge in [0.05, 0.1) is 37.8 Å². The summed E-state index contributed by atoms with van der Waals surface area (Å²) >= 11 is 0. The average Bonchev–Trinajstić information content (AvgIpc) is 3.18. The molecular weight excluding hydrogens is 608 g/mol. The first-order valence-corrected chi connectivity index (χ1v) is 15.2. The number of aromatic hydroxyl groups is 1. The Kier molecular flexibility index (Phi) is 8.04. The van der Waals surface area contributed by atoms with Crippen molar-refractivity contribution in [1.29, 1.82) is 0 Å². The Morgan fingerprint density at radius 3 is 1.94 bits per heavy atom. The highest BCUT2D eigenvalue weighted by Gasteiger charge is 2.32. The third-order valence-electron chi connectivity index (χ3n) is 8.81. The third kappa shape index (κ3) is 4.91. The van der Waals surface area contributed by atoms with Gasteiger partial charge in [-0.05, 0) is 31.6 Å². The number of benzene rings is 5. The number of ether oxygens (including phenoxy) is 3. The molecule has 0 fully saturated rings. The number of anilines is 2. The number of rotatable bonds is 13. The van der Waals surface area contributed by atoms with Gasteiger partial charge in [-0.25, -0.2) is 0 Å². The van der Waals surface area contributed by atoms with Crippen LogP contribution in [0.3, 0.4) is 0 Å². The lowest BCUT2D eigenvalue weighted by Crippen LogP contribution is -2.17. The highest BCUT2D eigenvalue weighted by atomic mass is 16.5. The SMILES string of the molecule is COc1c2c3c4c(c(NCCCC(=O)O)c(=O)c5c(O)cc(OC)c(c6c(OC)cc(NCCCC(=O)O)c(c1=O)c63)c54)C=C(C)C2. The van der Waals surface area contributed by atoms with Crippen LogP contribution < -0.4 is 35.7 Å². The molecular formula is C35H34N2O10. The number of phenolic OH excluding ortho intramolecular Hbond substituents is 1. The Morgan fingerprint density at radius 1 is 0.745 bits per heavy atom. The van der Waals surface area contributed by atoms with E-state index in [1.807, 2.05) is 13.0 Å². The number of aliphatic carboxylic acids is 2. The zero-order chi connectivity index (χ0) is 33.7. The van der Waals surface area contributed by atoms with E-state index in [2.05, 4.69) is 10.6 Å². The number of fused-ring (bicyclic) bond motifs is 1. The second-order valence-electron chi connectivity index (χ2n) is 11.7. The minimum absolute atomic E-state index is 0.0427. The normalized spacial score (nSPS) is 12.6. The number of hydrogen-bond donors (Lipinski definition) is 5. The Labute approximate surface area is 267 Å². The summed E-state index contributed by atoms with van der Waals surface area (Å²) in [6.07, 6.45) is 2.60. The molecule has 244 valence electrons. The van der Waals surface area contributed by atoms with Gasteiger partial charge in [0.15, 0.2) is 5.75 Å². The van der Waals surface area contributed by atoms with Gasteiger partial charge >= 0.3 is 11.9 Å². The highest BCUT2D eigenvalue weighted by molar-refractivity contribution is 6.39. The summed E-state index contributed by atoms with van der Waals surface area (Å²) in [5.41, 5.74) is 1.77. The van der Waals surface area contributed by atoms with E-state index in [9.17, 15) is 29.4 Å². The van der Waals surface area contributed by atoms with E-state index in [4.69, 9.17) is 19.3 Å². The van der Waals surface area contributed by atoms with Crippen molar-refractivity contribution < 1.29 is 39.1 Å². The van der Waals surface area contributed by atoms with Crippen LogP contribution in [-0.2, 0) is 16.0 Å². The van der Waals surface area contributed by atoms with Crippen LogP contribution >= 0.6 is 0 Å². The van der Waals surface area contributed by atoms with Crippen molar-refractivity contribution in [1.82, 2.24) is 0 Å². The predicted octanol–water partition coefficient (Wildman–Crippen LogP) is 5.14. The molecule has 5 N–H and O–H groups in total. The van der Waals surface area contributed by atoms with Crippen LogP contribution in [0.2, 0.25) is 0 Å². The van der Waals surface area contributed by atoms with Gasteiger partial charge in [-0.3, -0.25) is 19.2 Å². The van der Waals surface area contributed by atoms with Crippen molar-refractivity contribution in [3.63, 3.8) is 0 Å². The Morgan fingerprint density at radius 2 is 1.34 bits per heavy atom. The molecule has 47 heavy (non-hydrogen) atoms. The van der Waals surface area contributed by atoms with Crippen molar-refractivity contribution >= 4 is 72.5 Å². The second kappa shape index (κ2) is 12.0. The van der Waals surface area contributed by atoms with Crippen LogP contribution in [0.1, 0.15) is 43.7 Å². The summed E-state index contributed by atoms with van der Waals surface area (Å²) in [5, 5.41) is 39.7. The summed E-state index contributed by atoms with van der Waals surface area (Å²) in [4.78, 5) is 51.1. The number of carboxylic acid groups (broad SMARTS) is 2. The minimum atomic E-state index is -0.958. The van der Waals surface area contributed by atoms with Crippen LogP contribution in [0.5, 0.6) is 23.0 Å². The zero-order valence-corrected chi connectivity index (χ0v) is 26.4. The molecule has 1 aliphatic rings. The molecule has 0 aliphatic heterocycles. The largest absolute Gasteiger partial charge is 0.507 e. The summed E-state index contributed by atoms with van der Waals surface area (Å²) in [7, 11) is 4.37. The molecule has 0 saturated carbocycles. The Bertz CT molecular complexity index is 2260.